The van der Waals surface area contributed by atoms with Crippen molar-refractivity contribution in [1.29, 1.82) is 0 Å². The highest BCUT2D eigenvalue weighted by Crippen LogP contribution is 2.49. The summed E-state index contributed by atoms with van der Waals surface area (Å²) in [5, 5.41) is 9.80. The minimum absolute atomic E-state index is 0.103. The Hall–Kier alpha value is -2.59. The molecule has 12 heteroatoms. The maximum Gasteiger partial charge on any atom is 0.527 e. The normalized spacial score (nSPS) is 23.5. The molecule has 1 aliphatic carbocycles. The van der Waals surface area contributed by atoms with Gasteiger partial charge in [0.15, 0.2) is 11.5 Å². The zero-order chi connectivity index (χ0) is 20.6. The molecule has 2 aromatic heterocycles. The number of phosphoric acid groups is 1. The molecule has 0 amide bonds. The summed E-state index contributed by atoms with van der Waals surface area (Å²) in [6.45, 7) is -0.256. The Bertz CT molecular complexity index is 1080. The van der Waals surface area contributed by atoms with E-state index in [0.29, 0.717) is 17.6 Å². The Morgan fingerprint density at radius 1 is 1.34 bits per heavy atom. The monoisotopic (exact) mass is 423 g/mol. The third-order valence-corrected chi connectivity index (χ3v) is 5.98. The molecule has 2 heterocycles. The number of hydrogen-bond donors (Lipinski definition) is 3. The summed E-state index contributed by atoms with van der Waals surface area (Å²) in [5.41, 5.74) is 6.84. The molecule has 0 bridgehead atoms. The number of aliphatic hydroxyl groups is 1. The molecule has 1 saturated carbocycles. The molecule has 1 unspecified atom stereocenters. The smallest absolute Gasteiger partial charge is 0.404 e. The number of phosphoric ester groups is 1. The summed E-state index contributed by atoms with van der Waals surface area (Å²) >= 11 is 0. The van der Waals surface area contributed by atoms with Crippen LogP contribution in [0.4, 0.5) is 10.2 Å². The molecule has 10 nitrogen and oxygen atoms in total. The second kappa shape index (κ2) is 7.68. The highest BCUT2D eigenvalue weighted by atomic mass is 31.2. The summed E-state index contributed by atoms with van der Waals surface area (Å²) in [4.78, 5) is 22.2. The quantitative estimate of drug-likeness (QED) is 0.485. The van der Waals surface area contributed by atoms with Crippen molar-refractivity contribution in [3.8, 4) is 5.75 Å². The van der Waals surface area contributed by atoms with E-state index in [1.165, 1.54) is 24.5 Å². The number of hydrogen-bond acceptors (Lipinski definition) is 8. The molecule has 4 rings (SSSR count). The minimum atomic E-state index is -4.43. The lowest BCUT2D eigenvalue weighted by molar-refractivity contribution is -0.00488. The van der Waals surface area contributed by atoms with E-state index in [9.17, 15) is 19.0 Å². The summed E-state index contributed by atoms with van der Waals surface area (Å²) in [6, 6.07) is 4.77. The number of nitrogens with zero attached hydrogens (tertiary/aromatic N) is 4. The van der Waals surface area contributed by atoms with Crippen LogP contribution in [0.2, 0.25) is 0 Å². The number of fused-ring (bicyclic) bond motifs is 1. The molecule has 1 fully saturated rings. The minimum Gasteiger partial charge on any atom is -0.404 e. The molecule has 0 saturated heterocycles. The van der Waals surface area contributed by atoms with Crippen LogP contribution < -0.4 is 10.3 Å². The van der Waals surface area contributed by atoms with Gasteiger partial charge in [0.1, 0.15) is 23.4 Å². The molecule has 1 aliphatic rings. The van der Waals surface area contributed by atoms with Crippen molar-refractivity contribution < 1.29 is 28.0 Å². The molecule has 1 aromatic carbocycles. The van der Waals surface area contributed by atoms with Crippen LogP contribution in [0.3, 0.4) is 0 Å². The molecular weight excluding hydrogens is 404 g/mol. The predicted octanol–water partition coefficient (Wildman–Crippen LogP) is 1.91. The van der Waals surface area contributed by atoms with E-state index in [0.717, 1.165) is 6.07 Å². The third-order valence-electron chi connectivity index (χ3n) is 5.07. The Morgan fingerprint density at radius 3 is 2.93 bits per heavy atom. The van der Waals surface area contributed by atoms with Crippen LogP contribution in [0.15, 0.2) is 36.9 Å². The van der Waals surface area contributed by atoms with Crippen LogP contribution in [-0.4, -0.2) is 42.7 Å². The number of nitrogens with two attached hydrogens (primary N) is 1. The largest absolute Gasteiger partial charge is 0.527 e. The topological polar surface area (TPSA) is 146 Å². The van der Waals surface area contributed by atoms with Crippen LogP contribution >= 0.6 is 7.82 Å². The van der Waals surface area contributed by atoms with E-state index >= 15 is 0 Å². The molecule has 3 aromatic rings. The zero-order valence-electron chi connectivity index (χ0n) is 15.1. The predicted molar refractivity (Wildman–Crippen MR) is 100 cm³/mol. The van der Waals surface area contributed by atoms with Gasteiger partial charge in [-0.1, -0.05) is 6.07 Å². The third kappa shape index (κ3) is 3.95. The van der Waals surface area contributed by atoms with E-state index in [1.54, 1.807) is 6.33 Å². The molecule has 29 heavy (non-hydrogen) atoms. The fourth-order valence-corrected chi connectivity index (χ4v) is 4.36. The Balaban J connectivity index is 1.40. The number of imidazole rings is 1. The molecule has 4 N–H and O–H groups in total. The van der Waals surface area contributed by atoms with Gasteiger partial charge in [-0.15, -0.1) is 0 Å². The number of rotatable bonds is 7. The highest BCUT2D eigenvalue weighted by molar-refractivity contribution is 7.47. The van der Waals surface area contributed by atoms with Gasteiger partial charge >= 0.3 is 7.82 Å². The summed E-state index contributed by atoms with van der Waals surface area (Å²) in [6.07, 6.45) is 3.50. The average Bonchev–Trinajstić information content (AvgIpc) is 3.06. The van der Waals surface area contributed by atoms with Crippen molar-refractivity contribution in [3.63, 3.8) is 0 Å². The van der Waals surface area contributed by atoms with Crippen LogP contribution in [0, 0.1) is 17.7 Å². The SMILES string of the molecule is Nc1ncnc2c1ncn2[C@@H]1C[C@H](COP(=O)(O)Oc2cccc(F)c2)[C@H]1CO. The summed E-state index contributed by atoms with van der Waals surface area (Å²) < 4.78 is 37.1. The van der Waals surface area contributed by atoms with Crippen LogP contribution in [-0.2, 0) is 9.09 Å². The lowest BCUT2D eigenvalue weighted by Crippen LogP contribution is -2.42. The van der Waals surface area contributed by atoms with Crippen LogP contribution in [0.25, 0.3) is 11.2 Å². The number of anilines is 1. The van der Waals surface area contributed by atoms with E-state index in [1.807, 2.05) is 4.57 Å². The van der Waals surface area contributed by atoms with Gasteiger partial charge in [-0.3, -0.25) is 9.42 Å². The van der Waals surface area contributed by atoms with Gasteiger partial charge in [0.2, 0.25) is 0 Å². The molecular formula is C17H19FN5O5P. The lowest BCUT2D eigenvalue weighted by Gasteiger charge is -2.44. The number of aliphatic hydroxyl groups excluding tert-OH is 1. The second-order valence-electron chi connectivity index (χ2n) is 6.81. The van der Waals surface area contributed by atoms with Gasteiger partial charge < -0.3 is 19.9 Å². The first-order valence-electron chi connectivity index (χ1n) is 8.84. The number of benzene rings is 1. The Kier molecular flexibility index (Phi) is 5.22. The Morgan fingerprint density at radius 2 is 2.17 bits per heavy atom. The molecule has 0 spiro atoms. The second-order valence-corrected chi connectivity index (χ2v) is 8.18. The van der Waals surface area contributed by atoms with Crippen molar-refractivity contribution in [2.45, 2.75) is 12.5 Å². The van der Waals surface area contributed by atoms with E-state index in [4.69, 9.17) is 14.8 Å². The van der Waals surface area contributed by atoms with Crippen LogP contribution in [0.1, 0.15) is 12.5 Å². The van der Waals surface area contributed by atoms with Crippen LogP contribution in [0.5, 0.6) is 5.75 Å². The van der Waals surface area contributed by atoms with Gasteiger partial charge in [0.25, 0.3) is 0 Å². The van der Waals surface area contributed by atoms with Crippen molar-refractivity contribution in [2.75, 3.05) is 18.9 Å². The maximum absolute atomic E-state index is 13.2. The fraction of sp³-hybridized carbons (Fsp3) is 0.353. The molecule has 0 aliphatic heterocycles. The number of aromatic nitrogens is 4. The van der Waals surface area contributed by atoms with Crippen molar-refractivity contribution in [2.24, 2.45) is 11.8 Å². The van der Waals surface area contributed by atoms with Crippen molar-refractivity contribution in [1.82, 2.24) is 19.5 Å². The van der Waals surface area contributed by atoms with Crippen molar-refractivity contribution in [3.05, 3.63) is 42.7 Å². The van der Waals surface area contributed by atoms with E-state index in [2.05, 4.69) is 15.0 Å². The van der Waals surface area contributed by atoms with E-state index < -0.39 is 13.6 Å². The average molecular weight is 423 g/mol. The van der Waals surface area contributed by atoms with Gasteiger partial charge in [-0.2, -0.15) is 0 Å². The highest BCUT2D eigenvalue weighted by Gasteiger charge is 2.43. The molecule has 154 valence electrons. The molecule has 4 atom stereocenters. The fourth-order valence-electron chi connectivity index (χ4n) is 3.55. The van der Waals surface area contributed by atoms with E-state index in [-0.39, 0.29) is 42.7 Å². The number of nitrogen functional groups attached to an aromatic ring is 1. The first kappa shape index (κ1) is 19.7. The first-order chi connectivity index (χ1) is 13.9. The van der Waals surface area contributed by atoms with Gasteiger partial charge in [0, 0.05) is 24.6 Å². The summed E-state index contributed by atoms with van der Waals surface area (Å²) in [5.74, 6) is -0.856. The van der Waals surface area contributed by atoms with Gasteiger partial charge in [0.05, 0.1) is 12.9 Å². The van der Waals surface area contributed by atoms with Crippen molar-refractivity contribution >= 4 is 24.8 Å². The standard InChI is InChI=1S/C17H19FN5O5P/c18-11-2-1-3-12(5-11)28-29(25,26)27-7-10-4-14(13(10)6-24)23-9-22-15-16(19)20-8-21-17(15)23/h1-3,5,8-10,13-14,24H,4,6-7H2,(H,25,26)(H2,19,20,21)/t10-,13-,14-/m1/s1. The zero-order valence-corrected chi connectivity index (χ0v) is 16.0. The summed E-state index contributed by atoms with van der Waals surface area (Å²) in [7, 11) is -4.43. The van der Waals surface area contributed by atoms with Gasteiger partial charge in [-0.25, -0.2) is 23.9 Å². The molecule has 0 radical (unpaired) electrons. The first-order valence-corrected chi connectivity index (χ1v) is 10.3. The lowest BCUT2D eigenvalue weighted by atomic mass is 9.70. The maximum atomic E-state index is 13.2. The van der Waals surface area contributed by atoms with Gasteiger partial charge in [-0.05, 0) is 24.5 Å². The Labute approximate surface area is 164 Å². The number of halogens is 1.